The summed E-state index contributed by atoms with van der Waals surface area (Å²) in [5.41, 5.74) is 0. The van der Waals surface area contributed by atoms with Gasteiger partial charge in [-0.05, 0) is 38.5 Å². The summed E-state index contributed by atoms with van der Waals surface area (Å²) < 4.78 is 1.90. The first kappa shape index (κ1) is 42.3. The second kappa shape index (κ2) is 29.8. The molecule has 0 radical (unpaired) electrons. The highest BCUT2D eigenvalue weighted by atomic mass is 79.9. The molecular formula is C32H70Br2N2O. The molecule has 0 bridgehead atoms. The van der Waals surface area contributed by atoms with Gasteiger partial charge >= 0.3 is 0 Å². The Balaban J connectivity index is -0.00000578. The molecule has 0 aromatic carbocycles. The maximum Gasteiger partial charge on any atom is 0.108 e. The molecule has 5 heteroatoms. The first-order valence-corrected chi connectivity index (χ1v) is 16.1. The van der Waals surface area contributed by atoms with E-state index in [1.807, 2.05) is 0 Å². The smallest absolute Gasteiger partial charge is 0.108 e. The van der Waals surface area contributed by atoms with Gasteiger partial charge in [-0.3, -0.25) is 0 Å². The van der Waals surface area contributed by atoms with E-state index >= 15 is 0 Å². The van der Waals surface area contributed by atoms with Crippen molar-refractivity contribution >= 4 is 0 Å². The van der Waals surface area contributed by atoms with Crippen LogP contribution in [-0.2, 0) is 4.84 Å². The van der Waals surface area contributed by atoms with Crippen molar-refractivity contribution in [2.75, 3.05) is 54.4 Å². The van der Waals surface area contributed by atoms with Gasteiger partial charge in [-0.2, -0.15) is 4.65 Å². The second-order valence-corrected chi connectivity index (χ2v) is 12.6. The molecule has 0 spiro atoms. The first-order chi connectivity index (χ1) is 16.8. The summed E-state index contributed by atoms with van der Waals surface area (Å²) in [5.74, 6) is 0. The van der Waals surface area contributed by atoms with Crippen LogP contribution in [0.1, 0.15) is 155 Å². The van der Waals surface area contributed by atoms with Gasteiger partial charge in [-0.1, -0.05) is 117 Å². The molecule has 3 nitrogen and oxygen atoms in total. The molecule has 0 aromatic heterocycles. The van der Waals surface area contributed by atoms with Crippen LogP contribution in [0.5, 0.6) is 0 Å². The van der Waals surface area contributed by atoms with Crippen LogP contribution in [-0.4, -0.2) is 63.6 Å². The zero-order valence-corrected chi connectivity index (χ0v) is 29.6. The Morgan fingerprint density at radius 2 is 0.676 bits per heavy atom. The summed E-state index contributed by atoms with van der Waals surface area (Å²) in [7, 11) is 9.30. The minimum Gasteiger partial charge on any atom is -1.00 e. The highest BCUT2D eigenvalue weighted by Crippen LogP contribution is 2.14. The molecule has 0 heterocycles. The van der Waals surface area contributed by atoms with Crippen LogP contribution >= 0.6 is 0 Å². The summed E-state index contributed by atoms with van der Waals surface area (Å²) in [6.07, 6.45) is 30.8. The van der Waals surface area contributed by atoms with Crippen molar-refractivity contribution in [2.24, 2.45) is 0 Å². The Kier molecular flexibility index (Phi) is 34.1. The molecule has 0 aliphatic carbocycles. The molecule has 0 saturated heterocycles. The monoisotopic (exact) mass is 656 g/mol. The Morgan fingerprint density at radius 1 is 0.378 bits per heavy atom. The number of quaternary nitrogens is 2. The molecule has 0 fully saturated rings. The van der Waals surface area contributed by atoms with E-state index in [1.54, 1.807) is 0 Å². The quantitative estimate of drug-likeness (QED) is 0.0709. The first-order valence-electron chi connectivity index (χ1n) is 16.1. The lowest BCUT2D eigenvalue weighted by atomic mass is 10.1. The predicted molar refractivity (Wildman–Crippen MR) is 158 cm³/mol. The van der Waals surface area contributed by atoms with E-state index < -0.39 is 0 Å². The lowest BCUT2D eigenvalue weighted by Crippen LogP contribution is -3.00. The van der Waals surface area contributed by atoms with Crippen LogP contribution in [0.15, 0.2) is 0 Å². The molecule has 0 unspecified atom stereocenters. The molecule has 0 rings (SSSR count). The van der Waals surface area contributed by atoms with E-state index in [0.29, 0.717) is 0 Å². The Labute approximate surface area is 256 Å². The van der Waals surface area contributed by atoms with Gasteiger partial charge in [0.2, 0.25) is 0 Å². The molecule has 0 atom stereocenters. The second-order valence-electron chi connectivity index (χ2n) is 12.6. The van der Waals surface area contributed by atoms with Crippen molar-refractivity contribution in [1.29, 1.82) is 0 Å². The predicted octanol–water partition coefficient (Wildman–Crippen LogP) is 3.70. The summed E-state index contributed by atoms with van der Waals surface area (Å²) in [6, 6.07) is 0. The van der Waals surface area contributed by atoms with E-state index in [2.05, 4.69) is 42.0 Å². The normalized spacial score (nSPS) is 11.8. The summed E-state index contributed by atoms with van der Waals surface area (Å²) in [4.78, 5) is 6.22. The van der Waals surface area contributed by atoms with Crippen LogP contribution in [0.25, 0.3) is 0 Å². The molecule has 37 heavy (non-hydrogen) atoms. The minimum atomic E-state index is 0. The third-order valence-corrected chi connectivity index (χ3v) is 7.77. The van der Waals surface area contributed by atoms with Gasteiger partial charge in [0.25, 0.3) is 0 Å². The number of halogens is 2. The van der Waals surface area contributed by atoms with Gasteiger partial charge in [0, 0.05) is 0 Å². The molecule has 0 aromatic rings. The van der Waals surface area contributed by atoms with Crippen molar-refractivity contribution in [3.8, 4) is 0 Å². The van der Waals surface area contributed by atoms with Gasteiger partial charge in [0.05, 0.1) is 41.3 Å². The van der Waals surface area contributed by atoms with Crippen molar-refractivity contribution in [2.45, 2.75) is 155 Å². The maximum atomic E-state index is 6.22. The van der Waals surface area contributed by atoms with E-state index in [9.17, 15) is 0 Å². The Morgan fingerprint density at radius 3 is 1.05 bits per heavy atom. The van der Waals surface area contributed by atoms with Gasteiger partial charge in [0.1, 0.15) is 13.2 Å². The SMILES string of the molecule is CCCCCCCCCCCC[N+](C)(C)CCCCO[N+](C)(C)CCCCCCCCCCCC.[Br-].[Br-]. The van der Waals surface area contributed by atoms with Gasteiger partial charge in [0.15, 0.2) is 0 Å². The van der Waals surface area contributed by atoms with Gasteiger partial charge in [-0.15, -0.1) is 0 Å². The molecule has 0 amide bonds. The van der Waals surface area contributed by atoms with Crippen LogP contribution in [0, 0.1) is 0 Å². The lowest BCUT2D eigenvalue weighted by molar-refractivity contribution is -1.08. The number of unbranched alkanes of at least 4 members (excludes halogenated alkanes) is 19. The van der Waals surface area contributed by atoms with E-state index in [4.69, 9.17) is 4.84 Å². The third-order valence-electron chi connectivity index (χ3n) is 7.77. The minimum absolute atomic E-state index is 0. The topological polar surface area (TPSA) is 9.23 Å². The summed E-state index contributed by atoms with van der Waals surface area (Å²) in [6.45, 7) is 9.27. The largest absolute Gasteiger partial charge is 1.00 e. The van der Waals surface area contributed by atoms with Crippen LogP contribution in [0.3, 0.4) is 0 Å². The standard InChI is InChI=1S/C32H70N2O.2BrH/c1-7-9-11-13-15-17-19-21-23-25-29-33(3,4)30-27-28-32-35-34(5,6)31-26-24-22-20-18-16-14-12-10-8-2;;/h7-32H2,1-6H3;2*1H/q+2;;/p-2. The fourth-order valence-corrected chi connectivity index (χ4v) is 5.14. The number of hydrogen-bond acceptors (Lipinski definition) is 1. The number of rotatable bonds is 28. The van der Waals surface area contributed by atoms with E-state index in [1.165, 1.54) is 159 Å². The zero-order chi connectivity index (χ0) is 26.1. The summed E-state index contributed by atoms with van der Waals surface area (Å²) in [5, 5.41) is 0. The Hall–Kier alpha value is 0.840. The molecule has 0 aliphatic heterocycles. The highest BCUT2D eigenvalue weighted by molar-refractivity contribution is 4.49. The highest BCUT2D eigenvalue weighted by Gasteiger charge is 2.17. The van der Waals surface area contributed by atoms with Crippen LogP contribution in [0.4, 0.5) is 0 Å². The van der Waals surface area contributed by atoms with Crippen LogP contribution in [0.2, 0.25) is 0 Å². The summed E-state index contributed by atoms with van der Waals surface area (Å²) >= 11 is 0. The molecule has 228 valence electrons. The molecule has 0 saturated carbocycles. The number of nitrogens with zero attached hydrogens (tertiary/aromatic N) is 2. The average molecular weight is 659 g/mol. The van der Waals surface area contributed by atoms with Gasteiger partial charge in [-0.25, -0.2) is 4.84 Å². The molecule has 0 aliphatic rings. The Bertz CT molecular complexity index is 395. The third kappa shape index (κ3) is 32.9. The fourth-order valence-electron chi connectivity index (χ4n) is 5.14. The fraction of sp³-hybridized carbons (Fsp3) is 1.00. The lowest BCUT2D eigenvalue weighted by Gasteiger charge is -2.30. The van der Waals surface area contributed by atoms with Crippen molar-refractivity contribution in [3.63, 3.8) is 0 Å². The van der Waals surface area contributed by atoms with Crippen molar-refractivity contribution in [1.82, 2.24) is 0 Å². The molecular weight excluding hydrogens is 588 g/mol. The number of hydroxylamine groups is 3. The number of hydrogen-bond donors (Lipinski definition) is 0. The van der Waals surface area contributed by atoms with Crippen molar-refractivity contribution in [3.05, 3.63) is 0 Å². The average Bonchev–Trinajstić information content (AvgIpc) is 2.81. The molecule has 0 N–H and O–H groups in total. The zero-order valence-electron chi connectivity index (χ0n) is 26.4. The van der Waals surface area contributed by atoms with E-state index in [-0.39, 0.29) is 34.0 Å². The van der Waals surface area contributed by atoms with Gasteiger partial charge < -0.3 is 38.4 Å². The van der Waals surface area contributed by atoms with Crippen LogP contribution < -0.4 is 34.0 Å². The van der Waals surface area contributed by atoms with E-state index in [0.717, 1.165) is 17.8 Å². The maximum absolute atomic E-state index is 6.22. The van der Waals surface area contributed by atoms with Crippen molar-refractivity contribution < 1.29 is 47.9 Å².